The minimum absolute atomic E-state index is 0.529. The van der Waals surface area contributed by atoms with Gasteiger partial charge in [0.15, 0.2) is 5.82 Å². The minimum atomic E-state index is 0.529. The van der Waals surface area contributed by atoms with Gasteiger partial charge in [-0.25, -0.2) is 4.98 Å². The Bertz CT molecular complexity index is 848. The zero-order valence-corrected chi connectivity index (χ0v) is 19.6. The molecule has 1 aliphatic rings. The molecule has 1 aliphatic heterocycles. The maximum atomic E-state index is 6.03. The van der Waals surface area contributed by atoms with E-state index in [0.717, 1.165) is 70.3 Å². The van der Waals surface area contributed by atoms with Gasteiger partial charge in [-0.3, -0.25) is 10.3 Å². The molecule has 0 bridgehead atoms. The quantitative estimate of drug-likeness (QED) is 0.399. The Kier molecular flexibility index (Phi) is 9.71. The van der Waals surface area contributed by atoms with Crippen LogP contribution in [0.5, 0.6) is 5.88 Å². The predicted molar refractivity (Wildman–Crippen MR) is 130 cm³/mol. The van der Waals surface area contributed by atoms with E-state index in [2.05, 4.69) is 52.1 Å². The van der Waals surface area contributed by atoms with Gasteiger partial charge in [0.2, 0.25) is 5.88 Å². The van der Waals surface area contributed by atoms with Crippen molar-refractivity contribution < 1.29 is 9.47 Å². The minimum Gasteiger partial charge on any atom is -0.476 e. The maximum Gasteiger partial charge on any atom is 0.219 e. The van der Waals surface area contributed by atoms with E-state index in [1.54, 1.807) is 6.21 Å². The molecule has 0 saturated carbocycles. The highest BCUT2D eigenvalue weighted by atomic mass is 16.5. The number of nitrogens with one attached hydrogen (secondary N) is 1. The van der Waals surface area contributed by atoms with Crippen LogP contribution in [-0.2, 0) is 4.74 Å². The summed E-state index contributed by atoms with van der Waals surface area (Å²) < 4.78 is 11.4. The number of hydrogen-bond donors (Lipinski definition) is 1. The number of hydrazone groups is 1. The third-order valence-electron chi connectivity index (χ3n) is 5.17. The van der Waals surface area contributed by atoms with E-state index < -0.39 is 0 Å². The largest absolute Gasteiger partial charge is 0.476 e. The summed E-state index contributed by atoms with van der Waals surface area (Å²) in [5, 5.41) is 4.34. The summed E-state index contributed by atoms with van der Waals surface area (Å²) in [5.41, 5.74) is 5.16. The zero-order valence-electron chi connectivity index (χ0n) is 19.6. The molecule has 0 radical (unpaired) electrons. The lowest BCUT2D eigenvalue weighted by Gasteiger charge is -2.26. The van der Waals surface area contributed by atoms with Gasteiger partial charge in [-0.2, -0.15) is 10.1 Å². The second-order valence-corrected chi connectivity index (χ2v) is 7.95. The number of anilines is 2. The van der Waals surface area contributed by atoms with E-state index >= 15 is 0 Å². The number of aryl methyl sites for hydroxylation is 1. The molecular formula is C24H36N6O2. The normalized spacial score (nSPS) is 14.6. The highest BCUT2D eigenvalue weighted by molar-refractivity contribution is 5.76. The highest BCUT2D eigenvalue weighted by Gasteiger charge is 2.13. The maximum absolute atomic E-state index is 6.03. The third kappa shape index (κ3) is 7.76. The molecule has 3 rings (SSSR count). The Morgan fingerprint density at radius 1 is 1.16 bits per heavy atom. The van der Waals surface area contributed by atoms with Crippen LogP contribution in [0.3, 0.4) is 0 Å². The highest BCUT2D eigenvalue weighted by Crippen LogP contribution is 2.18. The Hall–Kier alpha value is -2.71. The SMILES string of the molecule is CCCN(CCC)c1cc(OCCN2CCOCC2)nc(/C=N/Nc2cccc(C)c2)n1. The number of benzene rings is 1. The molecule has 0 aliphatic carbocycles. The Labute approximate surface area is 191 Å². The van der Waals surface area contributed by atoms with E-state index in [-0.39, 0.29) is 0 Å². The van der Waals surface area contributed by atoms with Crippen molar-refractivity contribution in [3.05, 3.63) is 41.7 Å². The summed E-state index contributed by atoms with van der Waals surface area (Å²) >= 11 is 0. The number of aromatic nitrogens is 2. The lowest BCUT2D eigenvalue weighted by atomic mass is 10.2. The predicted octanol–water partition coefficient (Wildman–Crippen LogP) is 3.57. The number of hydrogen-bond acceptors (Lipinski definition) is 8. The number of nitrogens with zero attached hydrogens (tertiary/aromatic N) is 5. The van der Waals surface area contributed by atoms with Crippen molar-refractivity contribution in [2.45, 2.75) is 33.6 Å². The molecule has 1 N–H and O–H groups in total. The van der Waals surface area contributed by atoms with Crippen LogP contribution in [0, 0.1) is 6.92 Å². The van der Waals surface area contributed by atoms with Crippen molar-refractivity contribution in [1.29, 1.82) is 0 Å². The van der Waals surface area contributed by atoms with Gasteiger partial charge in [-0.15, -0.1) is 0 Å². The van der Waals surface area contributed by atoms with Crippen LogP contribution in [0.2, 0.25) is 0 Å². The van der Waals surface area contributed by atoms with E-state index in [9.17, 15) is 0 Å². The van der Waals surface area contributed by atoms with Crippen LogP contribution in [0.15, 0.2) is 35.4 Å². The van der Waals surface area contributed by atoms with Crippen LogP contribution in [0.25, 0.3) is 0 Å². The summed E-state index contributed by atoms with van der Waals surface area (Å²) in [7, 11) is 0. The standard InChI is InChI=1S/C24H36N6O2/c1-4-9-30(10-5-2)23-18-24(32-16-13-29-11-14-31-15-12-29)27-22(26-23)19-25-28-21-8-6-7-20(3)17-21/h6-8,17-19,28H,4-5,9-16H2,1-3H3/b25-19+. The van der Waals surface area contributed by atoms with Gasteiger partial charge in [0.05, 0.1) is 25.1 Å². The first-order valence-electron chi connectivity index (χ1n) is 11.6. The van der Waals surface area contributed by atoms with Gasteiger partial charge >= 0.3 is 0 Å². The summed E-state index contributed by atoms with van der Waals surface area (Å²) in [6.45, 7) is 13.2. The van der Waals surface area contributed by atoms with Crippen molar-refractivity contribution in [2.75, 3.05) is 62.9 Å². The number of ether oxygens (including phenoxy) is 2. The molecule has 174 valence electrons. The summed E-state index contributed by atoms with van der Waals surface area (Å²) in [5.74, 6) is 1.99. The second-order valence-electron chi connectivity index (χ2n) is 7.95. The monoisotopic (exact) mass is 440 g/mol. The molecule has 0 spiro atoms. The molecule has 0 atom stereocenters. The van der Waals surface area contributed by atoms with Crippen LogP contribution >= 0.6 is 0 Å². The molecule has 1 aromatic carbocycles. The van der Waals surface area contributed by atoms with E-state index in [0.29, 0.717) is 18.3 Å². The van der Waals surface area contributed by atoms with Crippen LogP contribution < -0.4 is 15.1 Å². The van der Waals surface area contributed by atoms with Gasteiger partial charge in [-0.1, -0.05) is 26.0 Å². The van der Waals surface area contributed by atoms with Gasteiger partial charge < -0.3 is 14.4 Å². The van der Waals surface area contributed by atoms with E-state index in [4.69, 9.17) is 14.5 Å². The fraction of sp³-hybridized carbons (Fsp3) is 0.542. The van der Waals surface area contributed by atoms with Crippen molar-refractivity contribution in [2.24, 2.45) is 5.10 Å². The first-order chi connectivity index (χ1) is 15.7. The zero-order chi connectivity index (χ0) is 22.6. The van der Waals surface area contributed by atoms with Crippen LogP contribution in [0.4, 0.5) is 11.5 Å². The van der Waals surface area contributed by atoms with Crippen molar-refractivity contribution in [3.63, 3.8) is 0 Å². The molecule has 8 nitrogen and oxygen atoms in total. The molecule has 8 heteroatoms. The molecule has 1 fully saturated rings. The summed E-state index contributed by atoms with van der Waals surface area (Å²) in [6.07, 6.45) is 3.75. The van der Waals surface area contributed by atoms with Gasteiger partial charge in [0.25, 0.3) is 0 Å². The summed E-state index contributed by atoms with van der Waals surface area (Å²) in [4.78, 5) is 13.9. The lowest BCUT2D eigenvalue weighted by Crippen LogP contribution is -2.38. The lowest BCUT2D eigenvalue weighted by molar-refractivity contribution is 0.0320. The second kappa shape index (κ2) is 13.0. The van der Waals surface area contributed by atoms with Crippen LogP contribution in [0.1, 0.15) is 38.1 Å². The molecule has 0 amide bonds. The molecule has 2 aromatic rings. The van der Waals surface area contributed by atoms with Gasteiger partial charge in [-0.05, 0) is 37.5 Å². The Morgan fingerprint density at radius 3 is 2.66 bits per heavy atom. The average molecular weight is 441 g/mol. The molecule has 2 heterocycles. The number of rotatable bonds is 12. The van der Waals surface area contributed by atoms with Crippen molar-refractivity contribution in [1.82, 2.24) is 14.9 Å². The first kappa shape index (κ1) is 23.9. The van der Waals surface area contributed by atoms with E-state index in [1.807, 2.05) is 24.3 Å². The molecule has 1 saturated heterocycles. The fourth-order valence-electron chi connectivity index (χ4n) is 3.59. The van der Waals surface area contributed by atoms with Gasteiger partial charge in [0, 0.05) is 38.8 Å². The molecular weight excluding hydrogens is 404 g/mol. The third-order valence-corrected chi connectivity index (χ3v) is 5.17. The average Bonchev–Trinajstić information content (AvgIpc) is 2.80. The van der Waals surface area contributed by atoms with E-state index in [1.165, 1.54) is 5.56 Å². The van der Waals surface area contributed by atoms with Crippen molar-refractivity contribution in [3.8, 4) is 5.88 Å². The smallest absolute Gasteiger partial charge is 0.219 e. The van der Waals surface area contributed by atoms with Crippen molar-refractivity contribution >= 4 is 17.7 Å². The Balaban J connectivity index is 1.71. The molecule has 32 heavy (non-hydrogen) atoms. The van der Waals surface area contributed by atoms with Crippen LogP contribution in [-0.4, -0.2) is 73.6 Å². The fourth-order valence-corrected chi connectivity index (χ4v) is 3.59. The molecule has 0 unspecified atom stereocenters. The Morgan fingerprint density at radius 2 is 1.94 bits per heavy atom. The molecule has 1 aromatic heterocycles. The number of morpholine rings is 1. The van der Waals surface area contributed by atoms with Gasteiger partial charge in [0.1, 0.15) is 12.4 Å². The topological polar surface area (TPSA) is 75.1 Å². The summed E-state index contributed by atoms with van der Waals surface area (Å²) in [6, 6.07) is 10.0. The first-order valence-corrected chi connectivity index (χ1v) is 11.6.